The van der Waals surface area contributed by atoms with Crippen LogP contribution in [0.15, 0.2) is 82.8 Å². The van der Waals surface area contributed by atoms with Crippen molar-refractivity contribution in [2.75, 3.05) is 4.90 Å². The lowest BCUT2D eigenvalue weighted by molar-refractivity contribution is -0.132. The topological polar surface area (TPSA) is 101 Å². The molecular formula is C29H22FN5O3S2. The van der Waals surface area contributed by atoms with Crippen molar-refractivity contribution in [1.82, 2.24) is 19.6 Å². The molecule has 8 nitrogen and oxygen atoms in total. The Morgan fingerprint density at radius 3 is 2.52 bits per heavy atom. The maximum absolute atomic E-state index is 13.6. The molecule has 0 spiro atoms. The van der Waals surface area contributed by atoms with Gasteiger partial charge in [0.1, 0.15) is 17.2 Å². The van der Waals surface area contributed by atoms with Crippen molar-refractivity contribution in [2.45, 2.75) is 30.0 Å². The summed E-state index contributed by atoms with van der Waals surface area (Å²) in [5.74, 6) is -1.70. The number of nitrogens with zero attached hydrogens (tertiary/aromatic N) is 5. The third kappa shape index (κ3) is 4.56. The molecule has 11 heteroatoms. The zero-order chi connectivity index (χ0) is 28.0. The molecule has 1 atom stereocenters. The maximum Gasteiger partial charge on any atom is 0.301 e. The molecule has 1 aliphatic heterocycles. The van der Waals surface area contributed by atoms with Gasteiger partial charge in [-0.15, -0.1) is 10.2 Å². The molecule has 0 bridgehead atoms. The summed E-state index contributed by atoms with van der Waals surface area (Å²) >= 11 is 2.57. The van der Waals surface area contributed by atoms with Gasteiger partial charge < -0.3 is 5.11 Å². The molecule has 1 fully saturated rings. The van der Waals surface area contributed by atoms with Crippen LogP contribution in [0.1, 0.15) is 34.1 Å². The Hall–Kier alpha value is -4.35. The van der Waals surface area contributed by atoms with E-state index in [9.17, 15) is 19.1 Å². The standard InChI is InChI=1S/C29H22FN5O3S2/c1-16-6-10-19(11-7-16)24-22(25(36)23-17(2)31-21-5-3-4-14-34(21)23)26(37)27(38)35(24)28-32-33-29(40-28)39-15-18-8-12-20(30)13-9-18/h3-14,24,36H,15H2,1-2H3/b25-22+. The number of imidazole rings is 1. The van der Waals surface area contributed by atoms with Crippen molar-refractivity contribution in [1.29, 1.82) is 0 Å². The number of anilines is 1. The van der Waals surface area contributed by atoms with E-state index in [0.29, 0.717) is 32.7 Å². The molecule has 0 aliphatic carbocycles. The van der Waals surface area contributed by atoms with Crippen LogP contribution in [-0.4, -0.2) is 36.4 Å². The number of ketones is 1. The molecule has 0 saturated carbocycles. The van der Waals surface area contributed by atoms with Gasteiger partial charge in [-0.05, 0) is 49.2 Å². The van der Waals surface area contributed by atoms with Crippen LogP contribution in [0.5, 0.6) is 0 Å². The third-order valence-electron chi connectivity index (χ3n) is 6.64. The van der Waals surface area contributed by atoms with Gasteiger partial charge in [-0.3, -0.25) is 18.9 Å². The Morgan fingerprint density at radius 1 is 1.02 bits per heavy atom. The van der Waals surface area contributed by atoms with Crippen LogP contribution >= 0.6 is 23.1 Å². The second kappa shape index (κ2) is 10.3. The molecule has 1 saturated heterocycles. The van der Waals surface area contributed by atoms with E-state index < -0.39 is 17.7 Å². The lowest BCUT2D eigenvalue weighted by Crippen LogP contribution is -2.29. The molecule has 1 unspecified atom stereocenters. The first-order valence-electron chi connectivity index (χ1n) is 12.3. The van der Waals surface area contributed by atoms with Crippen molar-refractivity contribution in [3.8, 4) is 0 Å². The number of aliphatic hydroxyl groups excluding tert-OH is 1. The third-order valence-corrected chi connectivity index (χ3v) is 8.77. The number of aliphatic hydroxyl groups is 1. The summed E-state index contributed by atoms with van der Waals surface area (Å²) in [6.07, 6.45) is 1.75. The van der Waals surface area contributed by atoms with Crippen LogP contribution in [0.25, 0.3) is 11.4 Å². The van der Waals surface area contributed by atoms with E-state index in [-0.39, 0.29) is 22.3 Å². The number of fused-ring (bicyclic) bond motifs is 1. The lowest BCUT2D eigenvalue weighted by Gasteiger charge is -2.22. The van der Waals surface area contributed by atoms with Crippen LogP contribution in [0.4, 0.5) is 9.52 Å². The number of hydrogen-bond donors (Lipinski definition) is 1. The van der Waals surface area contributed by atoms with E-state index in [4.69, 9.17) is 0 Å². The zero-order valence-electron chi connectivity index (χ0n) is 21.4. The van der Waals surface area contributed by atoms with Crippen molar-refractivity contribution in [2.24, 2.45) is 0 Å². The molecule has 0 radical (unpaired) electrons. The number of halogens is 1. The number of thioether (sulfide) groups is 1. The highest BCUT2D eigenvalue weighted by Gasteiger charge is 2.48. The maximum atomic E-state index is 13.6. The molecule has 2 aromatic carbocycles. The molecule has 1 N–H and O–H groups in total. The molecule has 5 aromatic rings. The molecule has 3 aromatic heterocycles. The fourth-order valence-corrected chi connectivity index (χ4v) is 6.53. The fourth-order valence-electron chi connectivity index (χ4n) is 4.70. The first-order chi connectivity index (χ1) is 19.3. The Kier molecular flexibility index (Phi) is 6.68. The average molecular weight is 572 g/mol. The van der Waals surface area contributed by atoms with E-state index in [2.05, 4.69) is 15.2 Å². The second-order valence-electron chi connectivity index (χ2n) is 9.32. The largest absolute Gasteiger partial charge is 0.505 e. The predicted molar refractivity (Wildman–Crippen MR) is 152 cm³/mol. The summed E-state index contributed by atoms with van der Waals surface area (Å²) in [7, 11) is 0. The second-order valence-corrected chi connectivity index (χ2v) is 11.5. The summed E-state index contributed by atoms with van der Waals surface area (Å²) in [6.45, 7) is 3.69. The molecule has 4 heterocycles. The van der Waals surface area contributed by atoms with Crippen LogP contribution in [-0.2, 0) is 15.3 Å². The van der Waals surface area contributed by atoms with Crippen LogP contribution < -0.4 is 4.90 Å². The van der Waals surface area contributed by atoms with E-state index in [1.165, 1.54) is 40.1 Å². The quantitative estimate of drug-likeness (QED) is 0.0896. The summed E-state index contributed by atoms with van der Waals surface area (Å²) in [4.78, 5) is 32.9. The first-order valence-corrected chi connectivity index (χ1v) is 14.1. The number of rotatable bonds is 6. The number of carbonyl (C=O) groups excluding carboxylic acids is 2. The monoisotopic (exact) mass is 571 g/mol. The Balaban J connectivity index is 1.43. The van der Waals surface area contributed by atoms with Crippen LogP contribution in [0.2, 0.25) is 0 Å². The average Bonchev–Trinajstić information content (AvgIpc) is 3.62. The normalized spacial score (nSPS) is 16.8. The Morgan fingerprint density at radius 2 is 1.77 bits per heavy atom. The molecular weight excluding hydrogens is 549 g/mol. The van der Waals surface area contributed by atoms with Crippen molar-refractivity contribution in [3.63, 3.8) is 0 Å². The minimum atomic E-state index is -0.919. The van der Waals surface area contributed by atoms with Crippen molar-refractivity contribution < 1.29 is 19.1 Å². The lowest BCUT2D eigenvalue weighted by atomic mass is 9.96. The van der Waals surface area contributed by atoms with Gasteiger partial charge >= 0.3 is 5.91 Å². The number of aryl methyl sites for hydroxylation is 2. The zero-order valence-corrected chi connectivity index (χ0v) is 23.0. The molecule has 6 rings (SSSR count). The summed E-state index contributed by atoms with van der Waals surface area (Å²) in [5, 5.41) is 20.3. The smallest absolute Gasteiger partial charge is 0.301 e. The van der Waals surface area contributed by atoms with Gasteiger partial charge in [0.2, 0.25) is 5.13 Å². The number of amides is 1. The van der Waals surface area contributed by atoms with Gasteiger partial charge in [-0.25, -0.2) is 9.37 Å². The van der Waals surface area contributed by atoms with E-state index in [1.807, 2.05) is 37.3 Å². The highest BCUT2D eigenvalue weighted by atomic mass is 32.2. The molecule has 1 aliphatic rings. The SMILES string of the molecule is Cc1ccc(C2/C(=C(\O)c3c(C)nc4ccccn34)C(=O)C(=O)N2c2nnc(SCc3ccc(F)cc3)s2)cc1. The Bertz CT molecular complexity index is 1790. The number of hydrogen-bond acceptors (Lipinski definition) is 8. The van der Waals surface area contributed by atoms with E-state index >= 15 is 0 Å². The number of pyridine rings is 1. The predicted octanol–water partition coefficient (Wildman–Crippen LogP) is 5.86. The summed E-state index contributed by atoms with van der Waals surface area (Å²) in [6, 6.07) is 18.1. The van der Waals surface area contributed by atoms with Crippen molar-refractivity contribution >= 4 is 51.3 Å². The van der Waals surface area contributed by atoms with Gasteiger partial charge in [-0.1, -0.05) is 71.1 Å². The summed E-state index contributed by atoms with van der Waals surface area (Å²) < 4.78 is 15.5. The minimum absolute atomic E-state index is 0.0432. The van der Waals surface area contributed by atoms with Gasteiger partial charge in [0.05, 0.1) is 17.3 Å². The fraction of sp³-hybridized carbons (Fsp3) is 0.138. The Labute approximate surface area is 236 Å². The molecule has 200 valence electrons. The van der Waals surface area contributed by atoms with Gasteiger partial charge in [-0.2, -0.15) is 0 Å². The highest BCUT2D eigenvalue weighted by molar-refractivity contribution is 8.00. The van der Waals surface area contributed by atoms with Gasteiger partial charge in [0.15, 0.2) is 10.1 Å². The number of aromatic nitrogens is 4. The molecule has 1 amide bonds. The molecule has 40 heavy (non-hydrogen) atoms. The van der Waals surface area contributed by atoms with Crippen molar-refractivity contribution in [3.05, 3.63) is 112 Å². The van der Waals surface area contributed by atoms with Gasteiger partial charge in [0.25, 0.3) is 5.78 Å². The van der Waals surface area contributed by atoms with Crippen LogP contribution in [0, 0.1) is 19.7 Å². The summed E-state index contributed by atoms with van der Waals surface area (Å²) in [5.41, 5.74) is 3.99. The highest BCUT2D eigenvalue weighted by Crippen LogP contribution is 2.44. The minimum Gasteiger partial charge on any atom is -0.505 e. The first kappa shape index (κ1) is 25.9. The number of benzene rings is 2. The van der Waals surface area contributed by atoms with E-state index in [0.717, 1.165) is 11.1 Å². The van der Waals surface area contributed by atoms with Crippen LogP contribution in [0.3, 0.4) is 0 Å². The van der Waals surface area contributed by atoms with Gasteiger partial charge in [0, 0.05) is 11.9 Å². The number of Topliss-reactive ketones (excluding diaryl/α,β-unsaturated/α-hetero) is 1. The number of carbonyl (C=O) groups is 2. The van der Waals surface area contributed by atoms with E-state index in [1.54, 1.807) is 41.8 Å².